The van der Waals surface area contributed by atoms with E-state index in [1.807, 2.05) is 13.1 Å². The lowest BCUT2D eigenvalue weighted by molar-refractivity contribution is -0.388. The molecule has 7 heteroatoms. The zero-order chi connectivity index (χ0) is 17.1. The molecular formula is C17H23N5O2. The van der Waals surface area contributed by atoms with Gasteiger partial charge < -0.3 is 15.0 Å². The lowest BCUT2D eigenvalue weighted by Gasteiger charge is -2.30. The van der Waals surface area contributed by atoms with Gasteiger partial charge in [-0.3, -0.25) is 9.47 Å². The van der Waals surface area contributed by atoms with Crippen LogP contribution in [0.4, 0.5) is 11.6 Å². The van der Waals surface area contributed by atoms with Crippen LogP contribution in [0, 0.1) is 10.1 Å². The lowest BCUT2D eigenvalue weighted by Crippen LogP contribution is -2.40. The maximum Gasteiger partial charge on any atom is 0.406 e. The van der Waals surface area contributed by atoms with Crippen LogP contribution in [-0.4, -0.2) is 45.1 Å². The summed E-state index contributed by atoms with van der Waals surface area (Å²) in [4.78, 5) is 19.4. The van der Waals surface area contributed by atoms with Crippen molar-refractivity contribution in [2.45, 2.75) is 25.9 Å². The van der Waals surface area contributed by atoms with Crippen LogP contribution in [0.15, 0.2) is 36.7 Å². The summed E-state index contributed by atoms with van der Waals surface area (Å²) >= 11 is 0. The Kier molecular flexibility index (Phi) is 4.80. The molecule has 1 fully saturated rings. The lowest BCUT2D eigenvalue weighted by atomic mass is 10.2. The molecule has 1 aliphatic rings. The van der Waals surface area contributed by atoms with Gasteiger partial charge in [-0.05, 0) is 28.8 Å². The van der Waals surface area contributed by atoms with Gasteiger partial charge in [0.2, 0.25) is 12.1 Å². The highest BCUT2D eigenvalue weighted by atomic mass is 16.6. The molecule has 2 heterocycles. The predicted octanol–water partition coefficient (Wildman–Crippen LogP) is 2.43. The number of rotatable bonds is 4. The molecule has 1 aromatic heterocycles. The van der Waals surface area contributed by atoms with Crippen molar-refractivity contribution in [2.24, 2.45) is 7.05 Å². The fourth-order valence-corrected chi connectivity index (χ4v) is 3.42. The van der Waals surface area contributed by atoms with Crippen LogP contribution < -0.4 is 4.90 Å². The summed E-state index contributed by atoms with van der Waals surface area (Å²) in [5.74, 6) is 0.551. The minimum absolute atomic E-state index is 0.0548. The Labute approximate surface area is 141 Å². The third-order valence-corrected chi connectivity index (χ3v) is 4.51. The van der Waals surface area contributed by atoms with Crippen LogP contribution in [-0.2, 0) is 13.6 Å². The van der Waals surface area contributed by atoms with E-state index >= 15 is 0 Å². The van der Waals surface area contributed by atoms with Crippen molar-refractivity contribution in [3.8, 4) is 0 Å². The summed E-state index contributed by atoms with van der Waals surface area (Å²) in [6, 6.07) is 10.6. The van der Waals surface area contributed by atoms with Crippen molar-refractivity contribution in [1.82, 2.24) is 14.5 Å². The third-order valence-electron chi connectivity index (χ3n) is 4.51. The van der Waals surface area contributed by atoms with Gasteiger partial charge in [0, 0.05) is 39.3 Å². The van der Waals surface area contributed by atoms with Gasteiger partial charge in [-0.15, -0.1) is 0 Å². The molecule has 1 atom stereocenters. The molecule has 7 nitrogen and oxygen atoms in total. The number of nitrogens with zero attached hydrogens (tertiary/aromatic N) is 5. The van der Waals surface area contributed by atoms with Crippen LogP contribution in [0.2, 0.25) is 0 Å². The van der Waals surface area contributed by atoms with Crippen LogP contribution in [0.5, 0.6) is 0 Å². The number of benzene rings is 1. The molecule has 0 radical (unpaired) electrons. The fraction of sp³-hybridized carbons (Fsp3) is 0.471. The summed E-state index contributed by atoms with van der Waals surface area (Å²) in [6.45, 7) is 5.69. The number of nitro groups is 1. The molecule has 24 heavy (non-hydrogen) atoms. The molecule has 0 amide bonds. The molecule has 0 saturated carbocycles. The first-order chi connectivity index (χ1) is 11.6. The summed E-state index contributed by atoms with van der Waals surface area (Å²) in [5.41, 5.74) is 1.30. The van der Waals surface area contributed by atoms with Crippen LogP contribution in [0.1, 0.15) is 18.9 Å². The Morgan fingerprint density at radius 2 is 2.04 bits per heavy atom. The smallest absolute Gasteiger partial charge is 0.358 e. The van der Waals surface area contributed by atoms with E-state index in [1.54, 1.807) is 4.57 Å². The molecule has 2 aromatic rings. The van der Waals surface area contributed by atoms with Gasteiger partial charge in [0.05, 0.1) is 0 Å². The molecule has 0 aliphatic carbocycles. The SMILES string of the molecule is CC1CN(Cc2ccccc2)CCCN1c1c([N+](=O)[O-])ncn1C. The van der Waals surface area contributed by atoms with Gasteiger partial charge in [0.25, 0.3) is 0 Å². The molecule has 1 aromatic carbocycles. The van der Waals surface area contributed by atoms with E-state index in [2.05, 4.69) is 46.0 Å². The largest absolute Gasteiger partial charge is 0.406 e. The molecule has 0 N–H and O–H groups in total. The second kappa shape index (κ2) is 7.00. The molecule has 1 aliphatic heterocycles. The average Bonchev–Trinajstić information content (AvgIpc) is 2.84. The fourth-order valence-electron chi connectivity index (χ4n) is 3.42. The van der Waals surface area contributed by atoms with E-state index in [1.165, 1.54) is 11.9 Å². The van der Waals surface area contributed by atoms with E-state index in [0.717, 1.165) is 32.6 Å². The van der Waals surface area contributed by atoms with Crippen molar-refractivity contribution in [2.75, 3.05) is 24.5 Å². The average molecular weight is 329 g/mol. The summed E-state index contributed by atoms with van der Waals surface area (Å²) in [5, 5.41) is 11.3. The van der Waals surface area contributed by atoms with Crippen molar-refractivity contribution in [3.63, 3.8) is 0 Å². The Morgan fingerprint density at radius 3 is 2.75 bits per heavy atom. The van der Waals surface area contributed by atoms with Crippen molar-refractivity contribution in [3.05, 3.63) is 52.3 Å². The highest BCUT2D eigenvalue weighted by Gasteiger charge is 2.30. The Morgan fingerprint density at radius 1 is 1.29 bits per heavy atom. The first-order valence-electron chi connectivity index (χ1n) is 8.25. The van der Waals surface area contributed by atoms with Gasteiger partial charge in [-0.25, -0.2) is 0 Å². The molecule has 128 valence electrons. The molecule has 1 unspecified atom stereocenters. The highest BCUT2D eigenvalue weighted by molar-refractivity contribution is 5.55. The Hall–Kier alpha value is -2.41. The third kappa shape index (κ3) is 3.41. The van der Waals surface area contributed by atoms with E-state index in [9.17, 15) is 10.1 Å². The second-order valence-corrected chi connectivity index (χ2v) is 6.38. The minimum atomic E-state index is -0.394. The van der Waals surface area contributed by atoms with Crippen LogP contribution in [0.3, 0.4) is 0 Å². The molecule has 0 spiro atoms. The summed E-state index contributed by atoms with van der Waals surface area (Å²) in [6.07, 6.45) is 2.49. The number of aromatic nitrogens is 2. The quantitative estimate of drug-likeness (QED) is 0.636. The number of hydrogen-bond acceptors (Lipinski definition) is 5. The number of hydrogen-bond donors (Lipinski definition) is 0. The standard InChI is InChI=1S/C17H23N5O2/c1-14-11-20(12-15-7-4-3-5-8-15)9-6-10-21(14)17-16(22(23)24)18-13-19(17)2/h3-5,7-8,13-14H,6,9-12H2,1-2H3. The molecule has 1 saturated heterocycles. The van der Waals surface area contributed by atoms with Crippen molar-refractivity contribution >= 4 is 11.6 Å². The van der Waals surface area contributed by atoms with Crippen LogP contribution in [0.25, 0.3) is 0 Å². The summed E-state index contributed by atoms with van der Waals surface area (Å²) in [7, 11) is 1.81. The zero-order valence-electron chi connectivity index (χ0n) is 14.1. The second-order valence-electron chi connectivity index (χ2n) is 6.38. The van der Waals surface area contributed by atoms with Gasteiger partial charge in [0.15, 0.2) is 0 Å². The maximum atomic E-state index is 11.3. The van der Waals surface area contributed by atoms with E-state index in [0.29, 0.717) is 5.82 Å². The van der Waals surface area contributed by atoms with E-state index in [-0.39, 0.29) is 11.9 Å². The number of aryl methyl sites for hydroxylation is 1. The normalized spacial score (nSPS) is 19.2. The molecule has 3 rings (SSSR count). The van der Waals surface area contributed by atoms with Gasteiger partial charge in [-0.2, -0.15) is 0 Å². The number of anilines is 1. The van der Waals surface area contributed by atoms with Gasteiger partial charge in [0.1, 0.15) is 0 Å². The van der Waals surface area contributed by atoms with Gasteiger partial charge in [-0.1, -0.05) is 30.3 Å². The first-order valence-corrected chi connectivity index (χ1v) is 8.25. The van der Waals surface area contributed by atoms with Crippen LogP contribution >= 0.6 is 0 Å². The Bertz CT molecular complexity index is 700. The Balaban J connectivity index is 1.77. The molecule has 0 bridgehead atoms. The zero-order valence-corrected chi connectivity index (χ0v) is 14.1. The monoisotopic (exact) mass is 329 g/mol. The van der Waals surface area contributed by atoms with E-state index < -0.39 is 4.92 Å². The highest BCUT2D eigenvalue weighted by Crippen LogP contribution is 2.29. The minimum Gasteiger partial charge on any atom is -0.358 e. The molecular weight excluding hydrogens is 306 g/mol. The maximum absolute atomic E-state index is 11.3. The first kappa shape index (κ1) is 16.4. The topological polar surface area (TPSA) is 67.4 Å². The van der Waals surface area contributed by atoms with Crippen molar-refractivity contribution in [1.29, 1.82) is 0 Å². The van der Waals surface area contributed by atoms with Gasteiger partial charge >= 0.3 is 5.82 Å². The number of imidazole rings is 1. The summed E-state index contributed by atoms with van der Waals surface area (Å²) < 4.78 is 1.75. The predicted molar refractivity (Wildman–Crippen MR) is 93.0 cm³/mol. The van der Waals surface area contributed by atoms with E-state index in [4.69, 9.17) is 0 Å². The van der Waals surface area contributed by atoms with Crippen molar-refractivity contribution < 1.29 is 4.92 Å².